The summed E-state index contributed by atoms with van der Waals surface area (Å²) in [5.74, 6) is 0.649. The third-order valence-electron chi connectivity index (χ3n) is 6.23. The molecule has 1 aliphatic heterocycles. The Labute approximate surface area is 158 Å². The number of hydrogen-bond acceptors (Lipinski definition) is 4. The molecule has 0 radical (unpaired) electrons. The summed E-state index contributed by atoms with van der Waals surface area (Å²) in [5.41, 5.74) is 5.31. The number of nitrogens with zero attached hydrogens (tertiary/aromatic N) is 2. The lowest BCUT2D eigenvalue weighted by Gasteiger charge is -2.39. The number of aromatic nitrogens is 3. The van der Waals surface area contributed by atoms with Crippen LogP contribution in [-0.4, -0.2) is 20.1 Å². The van der Waals surface area contributed by atoms with E-state index in [9.17, 15) is 4.79 Å². The van der Waals surface area contributed by atoms with Crippen molar-refractivity contribution in [2.75, 3.05) is 5.32 Å². The molecule has 6 nitrogen and oxygen atoms in total. The first-order valence-corrected chi connectivity index (χ1v) is 9.69. The van der Waals surface area contributed by atoms with Gasteiger partial charge in [-0.05, 0) is 50.8 Å². The van der Waals surface area contributed by atoms with Gasteiger partial charge < -0.3 is 15.6 Å². The van der Waals surface area contributed by atoms with E-state index in [0.717, 1.165) is 36.2 Å². The van der Waals surface area contributed by atoms with Gasteiger partial charge in [0.2, 0.25) is 5.95 Å². The minimum absolute atomic E-state index is 0.0126. The summed E-state index contributed by atoms with van der Waals surface area (Å²) in [7, 11) is 1.79. The van der Waals surface area contributed by atoms with Crippen LogP contribution in [0.25, 0.3) is 22.2 Å². The molecule has 1 fully saturated rings. The van der Waals surface area contributed by atoms with Gasteiger partial charge in [0.25, 0.3) is 5.56 Å². The Morgan fingerprint density at radius 2 is 2.15 bits per heavy atom. The highest BCUT2D eigenvalue weighted by Crippen LogP contribution is 2.35. The van der Waals surface area contributed by atoms with Gasteiger partial charge in [-0.2, -0.15) is 0 Å². The molecule has 5 rings (SSSR count). The van der Waals surface area contributed by atoms with Gasteiger partial charge in [-0.15, -0.1) is 0 Å². The Morgan fingerprint density at radius 3 is 2.85 bits per heavy atom. The van der Waals surface area contributed by atoms with E-state index in [0.29, 0.717) is 17.4 Å². The highest BCUT2D eigenvalue weighted by molar-refractivity contribution is 5.93. The third kappa shape index (κ3) is 2.51. The number of fused-ring (bicyclic) bond motifs is 2. The predicted molar refractivity (Wildman–Crippen MR) is 108 cm³/mol. The van der Waals surface area contributed by atoms with Crippen LogP contribution in [0.3, 0.4) is 0 Å². The normalized spacial score (nSPS) is 20.5. The van der Waals surface area contributed by atoms with Gasteiger partial charge in [-0.25, -0.2) is 4.98 Å². The molecule has 0 spiro atoms. The highest BCUT2D eigenvalue weighted by atomic mass is 16.1. The molecule has 0 saturated heterocycles. The van der Waals surface area contributed by atoms with Gasteiger partial charge in [0, 0.05) is 42.1 Å². The third-order valence-corrected chi connectivity index (χ3v) is 6.23. The summed E-state index contributed by atoms with van der Waals surface area (Å²) in [6.07, 6.45) is 3.43. The molecule has 3 N–H and O–H groups in total. The van der Waals surface area contributed by atoms with Crippen molar-refractivity contribution in [3.05, 3.63) is 45.9 Å². The van der Waals surface area contributed by atoms with Crippen molar-refractivity contribution in [1.29, 1.82) is 0 Å². The molecule has 2 aromatic heterocycles. The van der Waals surface area contributed by atoms with Crippen molar-refractivity contribution >= 4 is 16.9 Å². The molecule has 0 bridgehead atoms. The van der Waals surface area contributed by atoms with Crippen molar-refractivity contribution in [3.63, 3.8) is 0 Å². The summed E-state index contributed by atoms with van der Waals surface area (Å²) in [6.45, 7) is 5.23. The predicted octanol–water partition coefficient (Wildman–Crippen LogP) is 3.45. The number of H-pyrrole nitrogens is 1. The molecule has 3 heterocycles. The molecule has 27 heavy (non-hydrogen) atoms. The van der Waals surface area contributed by atoms with E-state index in [1.54, 1.807) is 11.6 Å². The van der Waals surface area contributed by atoms with Crippen molar-refractivity contribution < 1.29 is 0 Å². The summed E-state index contributed by atoms with van der Waals surface area (Å²) < 4.78 is 1.64. The number of rotatable bonds is 3. The second kappa shape index (κ2) is 5.70. The zero-order valence-corrected chi connectivity index (χ0v) is 16.0. The summed E-state index contributed by atoms with van der Waals surface area (Å²) >= 11 is 0. The van der Waals surface area contributed by atoms with Crippen LogP contribution in [0.15, 0.2) is 29.1 Å². The zero-order chi connectivity index (χ0) is 18.8. The largest absolute Gasteiger partial charge is 0.357 e. The van der Waals surface area contributed by atoms with E-state index in [1.807, 2.05) is 18.2 Å². The van der Waals surface area contributed by atoms with Crippen LogP contribution < -0.4 is 16.2 Å². The molecule has 1 aliphatic carbocycles. The number of benzene rings is 1. The number of hydrogen-bond donors (Lipinski definition) is 3. The molecule has 2 aliphatic rings. The van der Waals surface area contributed by atoms with E-state index in [4.69, 9.17) is 4.98 Å². The van der Waals surface area contributed by atoms with Crippen LogP contribution in [0.1, 0.15) is 50.4 Å². The average molecular weight is 363 g/mol. The van der Waals surface area contributed by atoms with Crippen molar-refractivity contribution in [1.82, 2.24) is 19.9 Å². The summed E-state index contributed by atoms with van der Waals surface area (Å²) in [4.78, 5) is 21.4. The Balaban J connectivity index is 1.68. The number of para-hydroxylation sites is 1. The molecule has 1 atom stereocenters. The Kier molecular flexibility index (Phi) is 3.49. The molecule has 3 aromatic rings. The van der Waals surface area contributed by atoms with Gasteiger partial charge in [0.1, 0.15) is 0 Å². The maximum atomic E-state index is 13.0. The summed E-state index contributed by atoms with van der Waals surface area (Å²) in [6, 6.07) is 8.35. The van der Waals surface area contributed by atoms with Crippen molar-refractivity contribution in [2.45, 2.75) is 51.2 Å². The van der Waals surface area contributed by atoms with Gasteiger partial charge in [0.15, 0.2) is 0 Å². The van der Waals surface area contributed by atoms with Crippen molar-refractivity contribution in [2.24, 2.45) is 7.05 Å². The van der Waals surface area contributed by atoms with Gasteiger partial charge in [-0.1, -0.05) is 12.1 Å². The molecule has 140 valence electrons. The monoisotopic (exact) mass is 363 g/mol. The molecular formula is C21H25N5O. The number of nitrogens with one attached hydrogen (secondary N) is 3. The van der Waals surface area contributed by atoms with E-state index < -0.39 is 0 Å². The molecule has 6 heteroatoms. The van der Waals surface area contributed by atoms with Gasteiger partial charge in [0.05, 0.1) is 10.9 Å². The fraction of sp³-hybridized carbons (Fsp3) is 0.429. The molecule has 1 saturated carbocycles. The lowest BCUT2D eigenvalue weighted by molar-refractivity contribution is 0.303. The van der Waals surface area contributed by atoms with Gasteiger partial charge >= 0.3 is 0 Å². The lowest BCUT2D eigenvalue weighted by atomic mass is 9.79. The highest BCUT2D eigenvalue weighted by Gasteiger charge is 2.33. The fourth-order valence-electron chi connectivity index (χ4n) is 4.28. The second-order valence-electron chi connectivity index (χ2n) is 8.27. The topological polar surface area (TPSA) is 74.7 Å². The minimum atomic E-state index is -0.0126. The molecule has 1 aromatic carbocycles. The van der Waals surface area contributed by atoms with E-state index in [-0.39, 0.29) is 11.1 Å². The molecule has 0 unspecified atom stereocenters. The van der Waals surface area contributed by atoms with Crippen LogP contribution >= 0.6 is 0 Å². The first-order chi connectivity index (χ1) is 13.0. The number of aromatic amines is 1. The first kappa shape index (κ1) is 16.6. The van der Waals surface area contributed by atoms with Crippen LogP contribution in [-0.2, 0) is 13.6 Å². The fourth-order valence-corrected chi connectivity index (χ4v) is 4.28. The number of anilines is 1. The SMILES string of the molecule is C[C@H]1NCc2cc(-c3cccc4c(=O)n(C)c(NC5(C)CCC5)nc34)[nH]c21. The average Bonchev–Trinajstić information content (AvgIpc) is 3.20. The zero-order valence-electron chi connectivity index (χ0n) is 16.0. The van der Waals surface area contributed by atoms with Crippen molar-refractivity contribution in [3.8, 4) is 11.3 Å². The molecular weight excluding hydrogens is 338 g/mol. The van der Waals surface area contributed by atoms with Crippen LogP contribution in [0.5, 0.6) is 0 Å². The van der Waals surface area contributed by atoms with Crippen LogP contribution in [0.2, 0.25) is 0 Å². The van der Waals surface area contributed by atoms with Crippen LogP contribution in [0, 0.1) is 0 Å². The quantitative estimate of drug-likeness (QED) is 0.666. The lowest BCUT2D eigenvalue weighted by Crippen LogP contribution is -2.43. The minimum Gasteiger partial charge on any atom is -0.357 e. The van der Waals surface area contributed by atoms with E-state index >= 15 is 0 Å². The van der Waals surface area contributed by atoms with Crippen LogP contribution in [0.4, 0.5) is 5.95 Å². The second-order valence-corrected chi connectivity index (χ2v) is 8.27. The maximum Gasteiger partial charge on any atom is 0.262 e. The standard InChI is InChI=1S/C21H25N5O/c1-12-17-13(11-22-12)10-16(23-17)14-6-4-7-15-18(14)24-20(26(3)19(15)27)25-21(2)8-5-9-21/h4,6-7,10,12,22-23H,5,8-9,11H2,1-3H3,(H,24,25)/t12-/m1/s1. The smallest absolute Gasteiger partial charge is 0.262 e. The Hall–Kier alpha value is -2.60. The van der Waals surface area contributed by atoms with E-state index in [1.165, 1.54) is 17.7 Å². The van der Waals surface area contributed by atoms with Gasteiger partial charge in [-0.3, -0.25) is 9.36 Å². The van der Waals surface area contributed by atoms with E-state index in [2.05, 4.69) is 35.5 Å². The summed E-state index contributed by atoms with van der Waals surface area (Å²) in [5, 5.41) is 7.60. The maximum absolute atomic E-state index is 13.0. The first-order valence-electron chi connectivity index (χ1n) is 9.69. The molecule has 0 amide bonds. The Morgan fingerprint density at radius 1 is 1.33 bits per heavy atom. The Bertz CT molecular complexity index is 1110.